The fourth-order valence-electron chi connectivity index (χ4n) is 0.669. The maximum atomic E-state index is 10.2. The zero-order valence-corrected chi connectivity index (χ0v) is 6.73. The highest BCUT2D eigenvalue weighted by molar-refractivity contribution is 7.80. The largest absolute Gasteiger partial charge is 0.303 e. The highest BCUT2D eigenvalue weighted by atomic mass is 32.1. The first-order valence-electron chi connectivity index (χ1n) is 3.41. The molecule has 1 unspecified atom stereocenters. The minimum Gasteiger partial charge on any atom is -0.303 e. The van der Waals surface area contributed by atoms with Crippen molar-refractivity contribution in [1.29, 1.82) is 0 Å². The Labute approximate surface area is 62.2 Å². The zero-order chi connectivity index (χ0) is 7.11. The van der Waals surface area contributed by atoms with E-state index in [1.807, 2.05) is 0 Å². The zero-order valence-electron chi connectivity index (χ0n) is 5.84. The normalized spacial score (nSPS) is 13.1. The molecule has 0 N–H and O–H groups in total. The number of unbranched alkanes of at least 4 members (excludes halogenated alkanes) is 1. The maximum absolute atomic E-state index is 10.2. The Morgan fingerprint density at radius 3 is 2.67 bits per heavy atom. The molecule has 54 valence electrons. The molecule has 0 aliphatic carbocycles. The molecular weight excluding hydrogens is 132 g/mol. The Morgan fingerprint density at radius 1 is 1.67 bits per heavy atom. The van der Waals surface area contributed by atoms with E-state index in [9.17, 15) is 4.79 Å². The lowest BCUT2D eigenvalue weighted by Gasteiger charge is -2.02. The van der Waals surface area contributed by atoms with Gasteiger partial charge in [-0.15, -0.1) is 0 Å². The fourth-order valence-corrected chi connectivity index (χ4v) is 0.937. The Bertz CT molecular complexity index is 73.3. The number of carbonyl (C=O) groups is 1. The van der Waals surface area contributed by atoms with E-state index in [0.29, 0.717) is 5.75 Å². The number of rotatable bonds is 5. The molecule has 0 spiro atoms. The fraction of sp³-hybridized carbons (Fsp3) is 0.857. The predicted molar refractivity (Wildman–Crippen MR) is 42.9 cm³/mol. The first-order valence-corrected chi connectivity index (χ1v) is 4.04. The van der Waals surface area contributed by atoms with E-state index in [0.717, 1.165) is 25.5 Å². The number of thiol groups is 1. The van der Waals surface area contributed by atoms with Crippen LogP contribution in [-0.2, 0) is 4.79 Å². The smallest absolute Gasteiger partial charge is 0.123 e. The van der Waals surface area contributed by atoms with Crippen LogP contribution in [0.5, 0.6) is 0 Å². The minimum atomic E-state index is 0.188. The molecule has 0 aromatic rings. The van der Waals surface area contributed by atoms with E-state index in [1.54, 1.807) is 0 Å². The van der Waals surface area contributed by atoms with Crippen molar-refractivity contribution >= 4 is 18.9 Å². The maximum Gasteiger partial charge on any atom is 0.123 e. The monoisotopic (exact) mass is 146 g/mol. The molecule has 0 aliphatic heterocycles. The van der Waals surface area contributed by atoms with Gasteiger partial charge in [0.05, 0.1) is 0 Å². The number of hydrogen-bond donors (Lipinski definition) is 1. The van der Waals surface area contributed by atoms with Gasteiger partial charge in [0.25, 0.3) is 0 Å². The van der Waals surface area contributed by atoms with Crippen molar-refractivity contribution in [2.75, 3.05) is 5.75 Å². The van der Waals surface area contributed by atoms with E-state index < -0.39 is 0 Å². The molecule has 0 saturated heterocycles. The van der Waals surface area contributed by atoms with Gasteiger partial charge in [-0.25, -0.2) is 0 Å². The Kier molecular flexibility index (Phi) is 6.16. The van der Waals surface area contributed by atoms with Crippen molar-refractivity contribution in [3.05, 3.63) is 0 Å². The van der Waals surface area contributed by atoms with Crippen molar-refractivity contribution in [3.8, 4) is 0 Å². The third-order valence-corrected chi connectivity index (χ3v) is 1.82. The van der Waals surface area contributed by atoms with Crippen molar-refractivity contribution in [1.82, 2.24) is 0 Å². The third-order valence-electron chi connectivity index (χ3n) is 1.36. The topological polar surface area (TPSA) is 17.1 Å². The highest BCUT2D eigenvalue weighted by Crippen LogP contribution is 2.06. The summed E-state index contributed by atoms with van der Waals surface area (Å²) in [6.07, 6.45) is 4.31. The Hall–Kier alpha value is 0.0200. The van der Waals surface area contributed by atoms with Crippen LogP contribution in [0.25, 0.3) is 0 Å². The molecule has 0 saturated carbocycles. The van der Waals surface area contributed by atoms with Gasteiger partial charge in [0.15, 0.2) is 0 Å². The Morgan fingerprint density at radius 2 is 2.33 bits per heavy atom. The summed E-state index contributed by atoms with van der Waals surface area (Å²) in [5.41, 5.74) is 0. The quantitative estimate of drug-likeness (QED) is 0.463. The van der Waals surface area contributed by atoms with Gasteiger partial charge in [0.2, 0.25) is 0 Å². The average molecular weight is 146 g/mol. The van der Waals surface area contributed by atoms with Crippen molar-refractivity contribution in [2.24, 2.45) is 5.92 Å². The molecule has 1 nitrogen and oxygen atoms in total. The molecule has 9 heavy (non-hydrogen) atoms. The molecule has 0 aromatic heterocycles. The van der Waals surface area contributed by atoms with Gasteiger partial charge >= 0.3 is 0 Å². The van der Waals surface area contributed by atoms with Crippen LogP contribution in [0.4, 0.5) is 0 Å². The summed E-state index contributed by atoms with van der Waals surface area (Å²) in [6.45, 7) is 2.13. The molecule has 0 aliphatic rings. The van der Waals surface area contributed by atoms with Gasteiger partial charge < -0.3 is 4.79 Å². The molecule has 2 heteroatoms. The van der Waals surface area contributed by atoms with E-state index >= 15 is 0 Å². The first kappa shape index (κ1) is 9.02. The second-order valence-corrected chi connectivity index (χ2v) is 2.59. The van der Waals surface area contributed by atoms with Crippen LogP contribution >= 0.6 is 12.6 Å². The number of aldehydes is 1. The van der Waals surface area contributed by atoms with Crippen LogP contribution in [0.15, 0.2) is 0 Å². The van der Waals surface area contributed by atoms with E-state index in [2.05, 4.69) is 19.6 Å². The third kappa shape index (κ3) is 4.52. The summed E-state index contributed by atoms with van der Waals surface area (Å²) in [7, 11) is 0. The lowest BCUT2D eigenvalue weighted by atomic mass is 10.1. The van der Waals surface area contributed by atoms with Gasteiger partial charge in [-0.1, -0.05) is 19.8 Å². The second kappa shape index (κ2) is 6.14. The SMILES string of the molecule is CCCCC(C=O)CS. The molecule has 0 heterocycles. The molecule has 0 aromatic carbocycles. The van der Waals surface area contributed by atoms with Crippen LogP contribution in [-0.4, -0.2) is 12.0 Å². The summed E-state index contributed by atoms with van der Waals surface area (Å²) >= 11 is 4.04. The molecule has 0 fully saturated rings. The molecule has 0 radical (unpaired) electrons. The van der Waals surface area contributed by atoms with E-state index in [1.165, 1.54) is 0 Å². The van der Waals surface area contributed by atoms with Crippen LogP contribution in [0.3, 0.4) is 0 Å². The van der Waals surface area contributed by atoms with E-state index in [4.69, 9.17) is 0 Å². The van der Waals surface area contributed by atoms with Crippen molar-refractivity contribution < 1.29 is 4.79 Å². The van der Waals surface area contributed by atoms with Gasteiger partial charge in [-0.05, 0) is 12.2 Å². The van der Waals surface area contributed by atoms with E-state index in [-0.39, 0.29) is 5.92 Å². The lowest BCUT2D eigenvalue weighted by molar-refractivity contribution is -0.110. The Balaban J connectivity index is 3.20. The summed E-state index contributed by atoms with van der Waals surface area (Å²) < 4.78 is 0. The first-order chi connectivity index (χ1) is 4.35. The van der Waals surface area contributed by atoms with Gasteiger partial charge in [0, 0.05) is 5.92 Å². The highest BCUT2D eigenvalue weighted by Gasteiger charge is 2.01. The molecular formula is C7H14OS. The van der Waals surface area contributed by atoms with Gasteiger partial charge in [-0.3, -0.25) is 0 Å². The summed E-state index contributed by atoms with van der Waals surface area (Å²) in [5.74, 6) is 0.886. The van der Waals surface area contributed by atoms with Crippen molar-refractivity contribution in [3.63, 3.8) is 0 Å². The summed E-state index contributed by atoms with van der Waals surface area (Å²) in [6, 6.07) is 0. The number of hydrogen-bond acceptors (Lipinski definition) is 2. The molecule has 0 amide bonds. The van der Waals surface area contributed by atoms with Crippen molar-refractivity contribution in [2.45, 2.75) is 26.2 Å². The van der Waals surface area contributed by atoms with Crippen LogP contribution in [0.1, 0.15) is 26.2 Å². The van der Waals surface area contributed by atoms with Gasteiger partial charge in [-0.2, -0.15) is 12.6 Å². The van der Waals surface area contributed by atoms with Gasteiger partial charge in [0.1, 0.15) is 6.29 Å². The molecule has 0 rings (SSSR count). The minimum absolute atomic E-state index is 0.188. The van der Waals surface area contributed by atoms with Crippen LogP contribution < -0.4 is 0 Å². The molecule has 1 atom stereocenters. The lowest BCUT2D eigenvalue weighted by Crippen LogP contribution is -2.02. The van der Waals surface area contributed by atoms with Crippen LogP contribution in [0, 0.1) is 5.92 Å². The summed E-state index contributed by atoms with van der Waals surface area (Å²) in [4.78, 5) is 10.2. The van der Waals surface area contributed by atoms with Crippen LogP contribution in [0.2, 0.25) is 0 Å². The summed E-state index contributed by atoms with van der Waals surface area (Å²) in [5, 5.41) is 0. The second-order valence-electron chi connectivity index (χ2n) is 2.22. The number of carbonyl (C=O) groups excluding carboxylic acids is 1. The predicted octanol–water partition coefficient (Wildman–Crippen LogP) is 1.92. The molecule has 0 bridgehead atoms. The average Bonchev–Trinajstić information content (AvgIpc) is 1.91. The standard InChI is InChI=1S/C7H14OS/c1-2-3-4-7(5-8)6-9/h5,7,9H,2-4,6H2,1H3.